The van der Waals surface area contributed by atoms with Gasteiger partial charge < -0.3 is 4.42 Å². The predicted molar refractivity (Wildman–Crippen MR) is 217 cm³/mol. The second-order valence-electron chi connectivity index (χ2n) is 13.7. The lowest BCUT2D eigenvalue weighted by Crippen LogP contribution is -2.35. The minimum absolute atomic E-state index is 0.658. The number of aromatic nitrogens is 2. The molecule has 0 amide bonds. The van der Waals surface area contributed by atoms with Crippen molar-refractivity contribution in [3.63, 3.8) is 0 Å². The highest BCUT2D eigenvalue weighted by Crippen LogP contribution is 2.59. The van der Waals surface area contributed by atoms with Crippen LogP contribution in [-0.2, 0) is 5.41 Å². The van der Waals surface area contributed by atoms with Crippen molar-refractivity contribution in [3.05, 3.63) is 203 Å². The minimum Gasteiger partial charge on any atom is -0.456 e. The maximum atomic E-state index is 6.61. The summed E-state index contributed by atoms with van der Waals surface area (Å²) in [4.78, 5) is 13.0. The van der Waals surface area contributed by atoms with Gasteiger partial charge in [0.25, 0.3) is 0 Å². The Labute approximate surface area is 311 Å². The molecule has 1 atom stereocenters. The van der Waals surface area contributed by atoms with E-state index >= 15 is 0 Å². The number of hydrogen-bond acceptors (Lipinski definition) is 4. The number of para-hydroxylation sites is 1. The molecule has 248 valence electrons. The zero-order chi connectivity index (χ0) is 34.9. The van der Waals surface area contributed by atoms with Crippen LogP contribution in [0.25, 0.3) is 68.0 Å². The van der Waals surface area contributed by atoms with Crippen LogP contribution in [0, 0.1) is 0 Å². The molecule has 1 aliphatic carbocycles. The Balaban J connectivity index is 1.23. The van der Waals surface area contributed by atoms with Crippen LogP contribution < -0.4 is 0 Å². The molecule has 1 spiro atoms. The third-order valence-corrected chi connectivity index (χ3v) is 11.9. The normalized spacial score (nSPS) is 15.5. The van der Waals surface area contributed by atoms with Gasteiger partial charge >= 0.3 is 0 Å². The van der Waals surface area contributed by atoms with Crippen molar-refractivity contribution in [2.45, 2.75) is 15.2 Å². The van der Waals surface area contributed by atoms with Crippen molar-refractivity contribution in [1.82, 2.24) is 9.97 Å². The summed E-state index contributed by atoms with van der Waals surface area (Å²) in [6.07, 6.45) is 4.54. The Morgan fingerprint density at radius 3 is 1.83 bits per heavy atom. The van der Waals surface area contributed by atoms with Crippen molar-refractivity contribution in [3.8, 4) is 33.9 Å². The SMILES string of the molecule is C1=Cc2ccc(-c3nc(-c4ccccc4)cc(-c4ccccc4)n3)cc2C2(c3ccccc31)c1ccccc1Sc1cc3c(cc12)oc1ccccc13. The van der Waals surface area contributed by atoms with Crippen molar-refractivity contribution < 1.29 is 4.42 Å². The first-order chi connectivity index (χ1) is 26.2. The van der Waals surface area contributed by atoms with Crippen LogP contribution in [0.5, 0.6) is 0 Å². The summed E-state index contributed by atoms with van der Waals surface area (Å²) < 4.78 is 6.61. The van der Waals surface area contributed by atoms with E-state index in [4.69, 9.17) is 14.4 Å². The van der Waals surface area contributed by atoms with Gasteiger partial charge in [0.1, 0.15) is 11.2 Å². The fourth-order valence-electron chi connectivity index (χ4n) is 8.40. The molecule has 0 saturated heterocycles. The number of furan rings is 1. The molecular formula is C49H30N2OS. The highest BCUT2D eigenvalue weighted by Gasteiger charge is 2.47. The molecule has 0 saturated carbocycles. The molecule has 7 aromatic carbocycles. The molecule has 0 bridgehead atoms. The molecule has 0 fully saturated rings. The first-order valence-electron chi connectivity index (χ1n) is 17.9. The molecule has 9 aromatic rings. The minimum atomic E-state index is -0.658. The largest absolute Gasteiger partial charge is 0.456 e. The smallest absolute Gasteiger partial charge is 0.160 e. The Hall–Kier alpha value is -6.49. The lowest BCUT2D eigenvalue weighted by Gasteiger charge is -2.42. The molecule has 0 radical (unpaired) electrons. The molecule has 1 unspecified atom stereocenters. The second-order valence-corrected chi connectivity index (χ2v) is 14.8. The lowest BCUT2D eigenvalue weighted by molar-refractivity contribution is 0.659. The molecule has 2 aliphatic rings. The second kappa shape index (κ2) is 11.8. The van der Waals surface area contributed by atoms with Crippen molar-refractivity contribution in [1.29, 1.82) is 0 Å². The molecule has 2 aromatic heterocycles. The third-order valence-electron chi connectivity index (χ3n) is 10.8. The van der Waals surface area contributed by atoms with Gasteiger partial charge in [-0.25, -0.2) is 9.97 Å². The van der Waals surface area contributed by atoms with Gasteiger partial charge in [-0.3, -0.25) is 0 Å². The van der Waals surface area contributed by atoms with Crippen LogP contribution in [0.4, 0.5) is 0 Å². The van der Waals surface area contributed by atoms with Crippen molar-refractivity contribution >= 4 is 45.9 Å². The Morgan fingerprint density at radius 2 is 1.06 bits per heavy atom. The Morgan fingerprint density at radius 1 is 0.415 bits per heavy atom. The molecular weight excluding hydrogens is 665 g/mol. The van der Waals surface area contributed by atoms with Crippen LogP contribution in [0.3, 0.4) is 0 Å². The van der Waals surface area contributed by atoms with E-state index in [1.165, 1.54) is 37.6 Å². The average molecular weight is 695 g/mol. The lowest BCUT2D eigenvalue weighted by atomic mass is 9.63. The van der Waals surface area contributed by atoms with Gasteiger partial charge in [-0.05, 0) is 69.8 Å². The molecule has 11 rings (SSSR count). The number of nitrogens with zero attached hydrogens (tertiary/aromatic N) is 2. The van der Waals surface area contributed by atoms with E-state index in [-0.39, 0.29) is 0 Å². The van der Waals surface area contributed by atoms with Crippen molar-refractivity contribution in [2.24, 2.45) is 0 Å². The fourth-order valence-corrected chi connectivity index (χ4v) is 9.62. The molecule has 53 heavy (non-hydrogen) atoms. The van der Waals surface area contributed by atoms with Crippen LogP contribution in [0.15, 0.2) is 184 Å². The first kappa shape index (κ1) is 30.2. The number of benzene rings is 7. The summed E-state index contributed by atoms with van der Waals surface area (Å²) in [5.74, 6) is 0.691. The van der Waals surface area contributed by atoms with E-state index in [2.05, 4.69) is 164 Å². The van der Waals surface area contributed by atoms with E-state index in [0.29, 0.717) is 5.82 Å². The summed E-state index contributed by atoms with van der Waals surface area (Å²) in [6, 6.07) is 60.4. The predicted octanol–water partition coefficient (Wildman–Crippen LogP) is 12.7. The summed E-state index contributed by atoms with van der Waals surface area (Å²) >= 11 is 1.85. The standard InChI is InChI=1S/C49H30N2OS/c1-3-14-33(15-4-1)42-30-43(34-16-5-2-6-17-34)51-48(50-42)35-26-25-32-24-23-31-13-7-9-19-38(31)49(40(32)27-35)39-20-10-12-22-46(39)53-47-28-37-36-18-8-11-21-44(36)52-45(37)29-41(47)49/h1-30H. The van der Waals surface area contributed by atoms with Gasteiger partial charge in [0.2, 0.25) is 0 Å². The molecule has 3 heterocycles. The summed E-state index contributed by atoms with van der Waals surface area (Å²) in [5, 5.41) is 2.27. The monoisotopic (exact) mass is 694 g/mol. The number of fused-ring (bicyclic) bond motifs is 11. The zero-order valence-corrected chi connectivity index (χ0v) is 29.3. The van der Waals surface area contributed by atoms with E-state index in [1.807, 2.05) is 30.0 Å². The Kier molecular flexibility index (Phi) is 6.70. The van der Waals surface area contributed by atoms with Gasteiger partial charge in [0, 0.05) is 37.3 Å². The maximum Gasteiger partial charge on any atom is 0.160 e. The summed E-state index contributed by atoms with van der Waals surface area (Å²) in [7, 11) is 0. The quantitative estimate of drug-likeness (QED) is 0.185. The van der Waals surface area contributed by atoms with E-state index in [0.717, 1.165) is 55.6 Å². The molecule has 3 nitrogen and oxygen atoms in total. The van der Waals surface area contributed by atoms with Crippen LogP contribution in [0.2, 0.25) is 0 Å². The van der Waals surface area contributed by atoms with Gasteiger partial charge in [0.05, 0.1) is 16.8 Å². The van der Waals surface area contributed by atoms with Crippen LogP contribution in [0.1, 0.15) is 33.4 Å². The van der Waals surface area contributed by atoms with Gasteiger partial charge in [-0.2, -0.15) is 0 Å². The Bertz CT molecular complexity index is 2870. The number of rotatable bonds is 3. The highest BCUT2D eigenvalue weighted by atomic mass is 32.2. The maximum absolute atomic E-state index is 6.61. The first-order valence-corrected chi connectivity index (χ1v) is 18.7. The van der Waals surface area contributed by atoms with E-state index < -0.39 is 5.41 Å². The van der Waals surface area contributed by atoms with Gasteiger partial charge in [-0.1, -0.05) is 157 Å². The van der Waals surface area contributed by atoms with Gasteiger partial charge in [0.15, 0.2) is 5.82 Å². The van der Waals surface area contributed by atoms with Gasteiger partial charge in [-0.15, -0.1) is 0 Å². The van der Waals surface area contributed by atoms with E-state index in [1.54, 1.807) is 0 Å². The topological polar surface area (TPSA) is 38.9 Å². The third kappa shape index (κ3) is 4.62. The molecule has 4 heteroatoms. The van der Waals surface area contributed by atoms with Crippen LogP contribution in [-0.4, -0.2) is 9.97 Å². The average Bonchev–Trinajstić information content (AvgIpc) is 3.52. The zero-order valence-electron chi connectivity index (χ0n) is 28.5. The van der Waals surface area contributed by atoms with E-state index in [9.17, 15) is 0 Å². The van der Waals surface area contributed by atoms with Crippen molar-refractivity contribution in [2.75, 3.05) is 0 Å². The highest BCUT2D eigenvalue weighted by molar-refractivity contribution is 7.99. The van der Waals surface area contributed by atoms with Crippen LogP contribution >= 0.6 is 11.8 Å². The molecule has 1 aliphatic heterocycles. The number of hydrogen-bond donors (Lipinski definition) is 0. The summed E-state index contributed by atoms with van der Waals surface area (Å²) in [5.41, 5.74) is 13.2. The molecule has 0 N–H and O–H groups in total. The fraction of sp³-hybridized carbons (Fsp3) is 0.0204. The summed E-state index contributed by atoms with van der Waals surface area (Å²) in [6.45, 7) is 0.